The third-order valence-corrected chi connectivity index (χ3v) is 6.84. The third-order valence-electron chi connectivity index (χ3n) is 6.84. The van der Waals surface area contributed by atoms with Gasteiger partial charge in [-0.3, -0.25) is 0 Å². The molecule has 0 aromatic heterocycles. The molecular formula is C17H27. The summed E-state index contributed by atoms with van der Waals surface area (Å²) in [5.41, 5.74) is 0. The van der Waals surface area contributed by atoms with Gasteiger partial charge in [0.15, 0.2) is 0 Å². The van der Waals surface area contributed by atoms with Crippen molar-refractivity contribution in [1.82, 2.24) is 0 Å². The summed E-state index contributed by atoms with van der Waals surface area (Å²) < 4.78 is 0. The zero-order valence-corrected chi connectivity index (χ0v) is 11.1. The summed E-state index contributed by atoms with van der Waals surface area (Å²) in [6.07, 6.45) is 18.2. The van der Waals surface area contributed by atoms with Crippen molar-refractivity contribution in [2.24, 2.45) is 35.5 Å². The Labute approximate surface area is 107 Å². The summed E-state index contributed by atoms with van der Waals surface area (Å²) in [5.74, 6) is 6.76. The maximum atomic E-state index is 2.67. The molecule has 0 aromatic carbocycles. The van der Waals surface area contributed by atoms with Crippen molar-refractivity contribution < 1.29 is 0 Å². The molecule has 6 unspecified atom stereocenters. The molecule has 17 heavy (non-hydrogen) atoms. The molecule has 0 saturated heterocycles. The van der Waals surface area contributed by atoms with E-state index in [4.69, 9.17) is 0 Å². The highest BCUT2D eigenvalue weighted by Gasteiger charge is 2.48. The number of hydrogen-bond acceptors (Lipinski definition) is 0. The van der Waals surface area contributed by atoms with Crippen LogP contribution in [0.1, 0.15) is 64.2 Å². The van der Waals surface area contributed by atoms with Crippen molar-refractivity contribution in [3.8, 4) is 0 Å². The van der Waals surface area contributed by atoms with Gasteiger partial charge in [-0.2, -0.15) is 0 Å². The summed E-state index contributed by atoms with van der Waals surface area (Å²) in [5, 5.41) is 0. The highest BCUT2D eigenvalue weighted by Crippen LogP contribution is 2.57. The molecule has 4 saturated carbocycles. The van der Waals surface area contributed by atoms with E-state index in [-0.39, 0.29) is 0 Å². The molecule has 0 heterocycles. The fraction of sp³-hybridized carbons (Fsp3) is 0.941. The van der Waals surface area contributed by atoms with Crippen molar-refractivity contribution in [3.05, 3.63) is 6.42 Å². The molecule has 0 bridgehead atoms. The van der Waals surface area contributed by atoms with Gasteiger partial charge in [-0.05, 0) is 86.9 Å². The molecule has 4 aliphatic carbocycles. The predicted molar refractivity (Wildman–Crippen MR) is 71.4 cm³/mol. The maximum absolute atomic E-state index is 2.67. The molecule has 0 nitrogen and oxygen atoms in total. The standard InChI is InChI=1S/C17H27/c1-2-6-14-12(4-1)8-10-17-15-7-3-5-13(15)9-11-16(14)17/h5,12-17H,1-4,6-11H2. The minimum absolute atomic E-state index is 1.04. The first-order valence-electron chi connectivity index (χ1n) is 8.27. The lowest BCUT2D eigenvalue weighted by Gasteiger charge is -2.51. The molecular weight excluding hydrogens is 204 g/mol. The Morgan fingerprint density at radius 1 is 0.588 bits per heavy atom. The SMILES string of the molecule is [CH]1CCC2C1CCC1C3CCCCC3CCC21. The van der Waals surface area contributed by atoms with Crippen LogP contribution >= 0.6 is 0 Å². The third kappa shape index (κ3) is 1.70. The van der Waals surface area contributed by atoms with Crippen LogP contribution in [0.3, 0.4) is 0 Å². The molecule has 0 spiro atoms. The summed E-state index contributed by atoms with van der Waals surface area (Å²) >= 11 is 0. The smallest absolute Gasteiger partial charge is 0.0352 e. The minimum Gasteiger partial charge on any atom is -0.0530 e. The topological polar surface area (TPSA) is 0 Å². The van der Waals surface area contributed by atoms with Gasteiger partial charge in [-0.15, -0.1) is 0 Å². The normalized spacial score (nSPS) is 53.6. The minimum atomic E-state index is 1.04. The van der Waals surface area contributed by atoms with Crippen molar-refractivity contribution in [2.45, 2.75) is 64.2 Å². The summed E-state index contributed by atoms with van der Waals surface area (Å²) in [6.45, 7) is 0. The number of rotatable bonds is 0. The van der Waals surface area contributed by atoms with Crippen LogP contribution in [0.5, 0.6) is 0 Å². The van der Waals surface area contributed by atoms with Gasteiger partial charge in [-0.1, -0.05) is 19.3 Å². The van der Waals surface area contributed by atoms with Crippen LogP contribution in [0.15, 0.2) is 0 Å². The average Bonchev–Trinajstić information content (AvgIpc) is 2.86. The van der Waals surface area contributed by atoms with Crippen LogP contribution in [0, 0.1) is 41.9 Å². The van der Waals surface area contributed by atoms with Gasteiger partial charge >= 0.3 is 0 Å². The zero-order chi connectivity index (χ0) is 11.2. The molecule has 0 amide bonds. The molecule has 4 aliphatic rings. The first-order chi connectivity index (χ1) is 8.43. The fourth-order valence-corrected chi connectivity index (χ4v) is 6.20. The first kappa shape index (κ1) is 10.9. The predicted octanol–water partition coefficient (Wildman–Crippen LogP) is 4.84. The highest BCUT2D eigenvalue weighted by molar-refractivity contribution is 5.02. The van der Waals surface area contributed by atoms with Gasteiger partial charge in [0.25, 0.3) is 0 Å². The van der Waals surface area contributed by atoms with E-state index < -0.39 is 0 Å². The van der Waals surface area contributed by atoms with Crippen molar-refractivity contribution in [3.63, 3.8) is 0 Å². The molecule has 4 fully saturated rings. The Morgan fingerprint density at radius 3 is 2.41 bits per heavy atom. The molecule has 0 N–H and O–H groups in total. The second-order valence-corrected chi connectivity index (χ2v) is 7.33. The van der Waals surface area contributed by atoms with Crippen molar-refractivity contribution >= 4 is 0 Å². The van der Waals surface area contributed by atoms with E-state index in [1.165, 1.54) is 6.42 Å². The van der Waals surface area contributed by atoms with Gasteiger partial charge < -0.3 is 0 Å². The van der Waals surface area contributed by atoms with Gasteiger partial charge in [-0.25, -0.2) is 0 Å². The highest BCUT2D eigenvalue weighted by atomic mass is 14.5. The van der Waals surface area contributed by atoms with E-state index >= 15 is 0 Å². The lowest BCUT2D eigenvalue weighted by molar-refractivity contribution is -0.0146. The molecule has 1 radical (unpaired) electrons. The number of fused-ring (bicyclic) bond motifs is 5. The van der Waals surface area contributed by atoms with Gasteiger partial charge in [0.2, 0.25) is 0 Å². The van der Waals surface area contributed by atoms with Gasteiger partial charge in [0, 0.05) is 0 Å². The Balaban J connectivity index is 1.56. The maximum Gasteiger partial charge on any atom is -0.0352 e. The summed E-state index contributed by atoms with van der Waals surface area (Å²) in [6, 6.07) is 0. The Morgan fingerprint density at radius 2 is 1.41 bits per heavy atom. The lowest BCUT2D eigenvalue weighted by atomic mass is 9.54. The van der Waals surface area contributed by atoms with E-state index in [1.54, 1.807) is 57.8 Å². The molecule has 6 atom stereocenters. The molecule has 0 aliphatic heterocycles. The van der Waals surface area contributed by atoms with Crippen LogP contribution in [-0.4, -0.2) is 0 Å². The molecule has 4 rings (SSSR count). The molecule has 0 aromatic rings. The quantitative estimate of drug-likeness (QED) is 0.559. The Kier molecular flexibility index (Phi) is 2.74. The van der Waals surface area contributed by atoms with Crippen molar-refractivity contribution in [1.29, 1.82) is 0 Å². The summed E-state index contributed by atoms with van der Waals surface area (Å²) in [7, 11) is 0. The lowest BCUT2D eigenvalue weighted by Crippen LogP contribution is -2.43. The van der Waals surface area contributed by atoms with E-state index in [1.807, 2.05) is 0 Å². The largest absolute Gasteiger partial charge is 0.0530 e. The first-order valence-corrected chi connectivity index (χ1v) is 8.27. The molecule has 0 heteroatoms. The van der Waals surface area contributed by atoms with E-state index in [0.29, 0.717) is 0 Å². The zero-order valence-electron chi connectivity index (χ0n) is 11.1. The van der Waals surface area contributed by atoms with Crippen LogP contribution in [0.4, 0.5) is 0 Å². The van der Waals surface area contributed by atoms with Crippen molar-refractivity contribution in [2.75, 3.05) is 0 Å². The monoisotopic (exact) mass is 231 g/mol. The van der Waals surface area contributed by atoms with Crippen LogP contribution < -0.4 is 0 Å². The van der Waals surface area contributed by atoms with E-state index in [2.05, 4.69) is 6.42 Å². The average molecular weight is 231 g/mol. The van der Waals surface area contributed by atoms with E-state index in [9.17, 15) is 0 Å². The Hall–Kier alpha value is 0. The summed E-state index contributed by atoms with van der Waals surface area (Å²) in [4.78, 5) is 0. The molecule has 95 valence electrons. The van der Waals surface area contributed by atoms with Gasteiger partial charge in [0.1, 0.15) is 0 Å². The van der Waals surface area contributed by atoms with Gasteiger partial charge in [0.05, 0.1) is 0 Å². The van der Waals surface area contributed by atoms with Crippen LogP contribution in [0.25, 0.3) is 0 Å². The fourth-order valence-electron chi connectivity index (χ4n) is 6.20. The van der Waals surface area contributed by atoms with Crippen LogP contribution in [0.2, 0.25) is 0 Å². The second-order valence-electron chi connectivity index (χ2n) is 7.33. The Bertz CT molecular complexity index is 282. The number of hydrogen-bond donors (Lipinski definition) is 0. The second kappa shape index (κ2) is 4.28. The van der Waals surface area contributed by atoms with Crippen LogP contribution in [-0.2, 0) is 0 Å². The van der Waals surface area contributed by atoms with E-state index in [0.717, 1.165) is 35.5 Å².